The monoisotopic (exact) mass is 466 g/mol. The zero-order chi connectivity index (χ0) is 23.8. The number of hydrogen-bond acceptors (Lipinski definition) is 5. The van der Waals surface area contributed by atoms with Gasteiger partial charge in [0.2, 0.25) is 0 Å². The molecule has 1 rings (SSSR count). The fourth-order valence-electron chi connectivity index (χ4n) is 3.05. The molecule has 31 heavy (non-hydrogen) atoms. The lowest BCUT2D eigenvalue weighted by Crippen LogP contribution is -2.47. The first-order valence-electron chi connectivity index (χ1n) is 11.4. The van der Waals surface area contributed by atoms with Crippen molar-refractivity contribution in [3.05, 3.63) is 35.9 Å². The van der Waals surface area contributed by atoms with Crippen LogP contribution in [0.5, 0.6) is 0 Å². The first-order valence-corrected chi connectivity index (χ1v) is 15.3. The third-order valence-electron chi connectivity index (χ3n) is 6.41. The molecule has 0 fully saturated rings. The first kappa shape index (κ1) is 27.9. The molecule has 1 aromatic rings. The Morgan fingerprint density at radius 1 is 0.968 bits per heavy atom. The van der Waals surface area contributed by atoms with Crippen molar-refractivity contribution < 1.29 is 18.8 Å². The normalized spacial score (nSPS) is 16.3. The van der Waals surface area contributed by atoms with Crippen LogP contribution in [-0.2, 0) is 24.5 Å². The van der Waals surface area contributed by atoms with Crippen molar-refractivity contribution >= 4 is 31.2 Å². The summed E-state index contributed by atoms with van der Waals surface area (Å²) in [5.41, 5.74) is 1.11. The number of esters is 1. The van der Waals surface area contributed by atoms with Gasteiger partial charge >= 0.3 is 5.97 Å². The van der Waals surface area contributed by atoms with E-state index < -0.39 is 14.4 Å². The van der Waals surface area contributed by atoms with Gasteiger partial charge < -0.3 is 9.16 Å². The van der Waals surface area contributed by atoms with Gasteiger partial charge in [0.15, 0.2) is 13.4 Å². The van der Waals surface area contributed by atoms with Gasteiger partial charge in [-0.3, -0.25) is 9.59 Å². The molecule has 176 valence electrons. The van der Waals surface area contributed by atoms with Crippen LogP contribution >= 0.6 is 11.8 Å². The summed E-state index contributed by atoms with van der Waals surface area (Å²) in [6.07, 6.45) is 0.762. The minimum atomic E-state index is -1.99. The van der Waals surface area contributed by atoms with Crippen LogP contribution in [0.2, 0.25) is 18.1 Å². The Morgan fingerprint density at radius 2 is 1.52 bits per heavy atom. The Hall–Kier alpha value is -1.11. The molecular weight excluding hydrogens is 424 g/mol. The minimum absolute atomic E-state index is 0.0562. The van der Waals surface area contributed by atoms with Gasteiger partial charge in [-0.15, -0.1) is 0 Å². The van der Waals surface area contributed by atoms with E-state index in [2.05, 4.69) is 33.9 Å². The number of ether oxygens (including phenoxy) is 1. The lowest BCUT2D eigenvalue weighted by molar-refractivity contribution is -0.160. The highest BCUT2D eigenvalue weighted by Crippen LogP contribution is 2.38. The van der Waals surface area contributed by atoms with Crippen LogP contribution in [0.15, 0.2) is 30.3 Å². The molecule has 0 unspecified atom stereocenters. The van der Waals surface area contributed by atoms with Crippen LogP contribution < -0.4 is 0 Å². The first-order chi connectivity index (χ1) is 14.3. The summed E-state index contributed by atoms with van der Waals surface area (Å²) in [6, 6.07) is 9.93. The molecule has 4 nitrogen and oxygen atoms in total. The Bertz CT molecular complexity index is 699. The fraction of sp³-hybridized carbons (Fsp3) is 0.680. The maximum absolute atomic E-state index is 12.9. The lowest BCUT2D eigenvalue weighted by Gasteiger charge is -2.40. The predicted molar refractivity (Wildman–Crippen MR) is 134 cm³/mol. The second-order valence-electron chi connectivity index (χ2n) is 9.88. The molecule has 0 amide bonds. The quantitative estimate of drug-likeness (QED) is 0.264. The molecule has 4 atom stereocenters. The van der Waals surface area contributed by atoms with Gasteiger partial charge in [0.05, 0.1) is 17.9 Å². The number of rotatable bonds is 11. The van der Waals surface area contributed by atoms with Crippen LogP contribution in [0, 0.1) is 11.8 Å². The summed E-state index contributed by atoms with van der Waals surface area (Å²) >= 11 is 1.29. The summed E-state index contributed by atoms with van der Waals surface area (Å²) in [5, 5.41) is 0.133. The molecule has 0 aliphatic heterocycles. The van der Waals surface area contributed by atoms with Crippen molar-refractivity contribution in [2.45, 2.75) is 97.4 Å². The molecule has 0 N–H and O–H groups in total. The Labute approximate surface area is 195 Å². The van der Waals surface area contributed by atoms with E-state index in [1.165, 1.54) is 11.8 Å². The molecule has 6 heteroatoms. The second-order valence-corrected chi connectivity index (χ2v) is 15.6. The van der Waals surface area contributed by atoms with Crippen LogP contribution in [0.25, 0.3) is 0 Å². The van der Waals surface area contributed by atoms with E-state index in [1.54, 1.807) is 0 Å². The van der Waals surface area contributed by atoms with Crippen molar-refractivity contribution in [3.63, 3.8) is 0 Å². The van der Waals surface area contributed by atoms with Gasteiger partial charge in [0, 0.05) is 5.75 Å². The molecular formula is C25H42O4SSi. The van der Waals surface area contributed by atoms with Gasteiger partial charge in [0.1, 0.15) is 6.10 Å². The van der Waals surface area contributed by atoms with E-state index in [9.17, 15) is 9.59 Å². The molecule has 0 spiro atoms. The molecule has 1 aromatic carbocycles. The molecule has 0 aliphatic rings. The lowest BCUT2D eigenvalue weighted by atomic mass is 10.0. The SMILES string of the molecule is CC[C@H](O[Si](C)(C)C(C)(C)C)[C@H](C)C(=O)O[C@@H](CC)[C@@H](C)C(=O)SCc1ccccc1. The summed E-state index contributed by atoms with van der Waals surface area (Å²) in [6.45, 7) is 18.7. The Kier molecular flexibility index (Phi) is 11.0. The predicted octanol–water partition coefficient (Wildman–Crippen LogP) is 6.84. The van der Waals surface area contributed by atoms with Crippen LogP contribution in [0.1, 0.15) is 66.9 Å². The molecule has 0 saturated heterocycles. The summed E-state index contributed by atoms with van der Waals surface area (Å²) in [7, 11) is -1.99. The number of thioether (sulfide) groups is 1. The third kappa shape index (κ3) is 8.39. The summed E-state index contributed by atoms with van der Waals surface area (Å²) in [5.74, 6) is -0.364. The number of benzene rings is 1. The molecule has 0 bridgehead atoms. The average Bonchev–Trinajstić information content (AvgIpc) is 2.72. The topological polar surface area (TPSA) is 52.6 Å². The van der Waals surface area contributed by atoms with Crippen LogP contribution in [0.4, 0.5) is 0 Å². The second kappa shape index (κ2) is 12.2. The van der Waals surface area contributed by atoms with Gasteiger partial charge in [-0.1, -0.05) is 83.6 Å². The molecule has 0 aromatic heterocycles. The smallest absolute Gasteiger partial charge is 0.311 e. The third-order valence-corrected chi connectivity index (χ3v) is 12.0. The molecule has 0 radical (unpaired) electrons. The Morgan fingerprint density at radius 3 is 2.00 bits per heavy atom. The molecule has 0 saturated carbocycles. The van der Waals surface area contributed by atoms with Crippen molar-refractivity contribution in [1.82, 2.24) is 0 Å². The average molecular weight is 467 g/mol. The van der Waals surface area contributed by atoms with E-state index in [-0.39, 0.29) is 34.1 Å². The number of hydrogen-bond donors (Lipinski definition) is 0. The highest BCUT2D eigenvalue weighted by atomic mass is 32.2. The van der Waals surface area contributed by atoms with E-state index in [1.807, 2.05) is 58.0 Å². The maximum Gasteiger partial charge on any atom is 0.311 e. The van der Waals surface area contributed by atoms with Gasteiger partial charge in [-0.05, 0) is 43.5 Å². The van der Waals surface area contributed by atoms with E-state index in [0.717, 1.165) is 12.0 Å². The van der Waals surface area contributed by atoms with E-state index >= 15 is 0 Å². The zero-order valence-corrected chi connectivity index (χ0v) is 22.7. The highest BCUT2D eigenvalue weighted by molar-refractivity contribution is 8.13. The molecule has 0 heterocycles. The Balaban J connectivity index is 2.73. The summed E-state index contributed by atoms with van der Waals surface area (Å²) in [4.78, 5) is 25.7. The van der Waals surface area contributed by atoms with Gasteiger partial charge in [-0.2, -0.15) is 0 Å². The number of carbonyl (C=O) groups excluding carboxylic acids is 2. The highest BCUT2D eigenvalue weighted by Gasteiger charge is 2.41. The van der Waals surface area contributed by atoms with E-state index in [4.69, 9.17) is 9.16 Å². The van der Waals surface area contributed by atoms with Crippen molar-refractivity contribution in [3.8, 4) is 0 Å². The summed E-state index contributed by atoms with van der Waals surface area (Å²) < 4.78 is 12.4. The number of carbonyl (C=O) groups is 2. The van der Waals surface area contributed by atoms with Gasteiger partial charge in [0.25, 0.3) is 0 Å². The molecule has 0 aliphatic carbocycles. The van der Waals surface area contributed by atoms with Crippen molar-refractivity contribution in [1.29, 1.82) is 0 Å². The minimum Gasteiger partial charge on any atom is -0.461 e. The fourth-order valence-corrected chi connectivity index (χ4v) is 5.45. The van der Waals surface area contributed by atoms with Crippen molar-refractivity contribution in [2.24, 2.45) is 11.8 Å². The van der Waals surface area contributed by atoms with E-state index in [0.29, 0.717) is 12.2 Å². The largest absolute Gasteiger partial charge is 0.461 e. The van der Waals surface area contributed by atoms with Crippen LogP contribution in [0.3, 0.4) is 0 Å². The standard InChI is InChI=1S/C25H42O4SSi/c1-10-21(19(4)24(27)30-17-20-15-13-12-14-16-20)28-23(26)18(3)22(11-2)29-31(8,9)25(5,6)7/h12-16,18-19,21-22H,10-11,17H2,1-9H3/t18-,19+,21-,22-/m0/s1. The van der Waals surface area contributed by atoms with Gasteiger partial charge in [-0.25, -0.2) is 0 Å². The maximum atomic E-state index is 12.9. The van der Waals surface area contributed by atoms with Crippen molar-refractivity contribution in [2.75, 3.05) is 0 Å². The van der Waals surface area contributed by atoms with Crippen LogP contribution in [-0.4, -0.2) is 31.6 Å². The zero-order valence-electron chi connectivity index (χ0n) is 20.9.